The molecule has 0 unspecified atom stereocenters. The third kappa shape index (κ3) is 3.71. The van der Waals surface area contributed by atoms with Gasteiger partial charge in [0, 0.05) is 25.9 Å². The lowest BCUT2D eigenvalue weighted by molar-refractivity contribution is -0.136. The number of carbonyl (C=O) groups is 3. The molecule has 1 heterocycles. The molecule has 0 aliphatic rings. The average Bonchev–Trinajstić information content (AvgIpc) is 2.84. The van der Waals surface area contributed by atoms with Gasteiger partial charge in [-0.05, 0) is 6.07 Å². The number of carboxylic acids is 1. The third-order valence-electron chi connectivity index (χ3n) is 2.32. The minimum absolute atomic E-state index is 0.00241. The number of methoxy groups -OCH3 is 1. The van der Waals surface area contributed by atoms with Crippen molar-refractivity contribution in [2.45, 2.75) is 6.42 Å². The molecule has 7 heteroatoms. The van der Waals surface area contributed by atoms with Gasteiger partial charge < -0.3 is 19.2 Å². The van der Waals surface area contributed by atoms with Gasteiger partial charge in [-0.2, -0.15) is 0 Å². The fraction of sp³-hybridized carbons (Fsp3) is 0.308. The molecule has 0 amide bonds. The molecule has 0 fully saturated rings. The lowest BCUT2D eigenvalue weighted by atomic mass is 10.0. The van der Waals surface area contributed by atoms with Crippen molar-refractivity contribution >= 4 is 17.7 Å². The van der Waals surface area contributed by atoms with Crippen LogP contribution in [-0.2, 0) is 9.53 Å². The van der Waals surface area contributed by atoms with Crippen molar-refractivity contribution in [3.8, 4) is 0 Å². The zero-order valence-electron chi connectivity index (χ0n) is 11.4. The first-order chi connectivity index (χ1) is 9.36. The highest BCUT2D eigenvalue weighted by atomic mass is 16.5. The molecule has 0 saturated carbocycles. The zero-order chi connectivity index (χ0) is 15.3. The number of aliphatic carboxylic acids is 1. The molecule has 0 radical (unpaired) electrons. The van der Waals surface area contributed by atoms with Crippen LogP contribution < -0.4 is 0 Å². The topological polar surface area (TPSA) is 97.0 Å². The molecule has 1 aromatic heterocycles. The number of carbonyl (C=O) groups excluding carboxylic acids is 2. The van der Waals surface area contributed by atoms with E-state index in [0.717, 1.165) is 0 Å². The predicted octanol–water partition coefficient (Wildman–Crippen LogP) is 1.17. The largest absolute Gasteiger partial charge is 0.481 e. The van der Waals surface area contributed by atoms with Crippen LogP contribution >= 0.6 is 0 Å². The van der Waals surface area contributed by atoms with E-state index in [9.17, 15) is 14.4 Å². The second-order valence-electron chi connectivity index (χ2n) is 4.17. The van der Waals surface area contributed by atoms with Crippen molar-refractivity contribution in [3.05, 3.63) is 35.4 Å². The van der Waals surface area contributed by atoms with Crippen LogP contribution in [0.3, 0.4) is 0 Å². The van der Waals surface area contributed by atoms with Crippen LogP contribution in [0.1, 0.15) is 27.3 Å². The van der Waals surface area contributed by atoms with Gasteiger partial charge in [-0.25, -0.2) is 4.79 Å². The fourth-order valence-corrected chi connectivity index (χ4v) is 1.56. The van der Waals surface area contributed by atoms with Crippen molar-refractivity contribution in [1.82, 2.24) is 4.90 Å². The molecule has 0 atom stereocenters. The molecule has 0 bridgehead atoms. The molecule has 0 aliphatic heterocycles. The fourth-order valence-electron chi connectivity index (χ4n) is 1.56. The standard InChI is InChI=1S/C13H15NO6/c1-14(2)7-8(6-10(15)16)11(17)12-9(4-5-20-12)13(18)19-3/h4-5,7H,6H2,1-3H3,(H,15,16). The van der Waals surface area contributed by atoms with E-state index in [4.69, 9.17) is 9.52 Å². The van der Waals surface area contributed by atoms with Crippen molar-refractivity contribution in [1.29, 1.82) is 0 Å². The highest BCUT2D eigenvalue weighted by Crippen LogP contribution is 2.18. The quantitative estimate of drug-likeness (QED) is 0.475. The van der Waals surface area contributed by atoms with Gasteiger partial charge in [-0.3, -0.25) is 9.59 Å². The van der Waals surface area contributed by atoms with E-state index in [1.54, 1.807) is 14.1 Å². The first-order valence-electron chi connectivity index (χ1n) is 5.66. The molecule has 7 nitrogen and oxygen atoms in total. The van der Waals surface area contributed by atoms with Crippen LogP contribution in [0.25, 0.3) is 0 Å². The first kappa shape index (κ1) is 15.5. The lowest BCUT2D eigenvalue weighted by Gasteiger charge is -2.09. The summed E-state index contributed by atoms with van der Waals surface area (Å²) in [5.74, 6) is -2.77. The van der Waals surface area contributed by atoms with Gasteiger partial charge in [0.15, 0.2) is 5.76 Å². The normalized spacial score (nSPS) is 11.1. The zero-order valence-corrected chi connectivity index (χ0v) is 11.4. The van der Waals surface area contributed by atoms with Gasteiger partial charge in [-0.15, -0.1) is 0 Å². The number of ether oxygens (including phenoxy) is 1. The molecular weight excluding hydrogens is 266 g/mol. The molecule has 1 N–H and O–H groups in total. The summed E-state index contributed by atoms with van der Waals surface area (Å²) < 4.78 is 9.52. The molecule has 20 heavy (non-hydrogen) atoms. The Hall–Kier alpha value is -2.57. The maximum Gasteiger partial charge on any atom is 0.341 e. The van der Waals surface area contributed by atoms with E-state index in [0.29, 0.717) is 0 Å². The van der Waals surface area contributed by atoms with Crippen LogP contribution in [-0.4, -0.2) is 48.9 Å². The van der Waals surface area contributed by atoms with Crippen LogP contribution in [0.5, 0.6) is 0 Å². The SMILES string of the molecule is COC(=O)c1ccoc1C(=O)C(=CN(C)C)CC(=O)O. The van der Waals surface area contributed by atoms with Crippen molar-refractivity contribution in [3.63, 3.8) is 0 Å². The lowest BCUT2D eigenvalue weighted by Crippen LogP contribution is -2.15. The highest BCUT2D eigenvalue weighted by molar-refractivity contribution is 6.13. The van der Waals surface area contributed by atoms with Gasteiger partial charge in [-0.1, -0.05) is 0 Å². The van der Waals surface area contributed by atoms with Gasteiger partial charge in [0.25, 0.3) is 0 Å². The Morgan fingerprint density at radius 1 is 1.40 bits per heavy atom. The van der Waals surface area contributed by atoms with Crippen LogP contribution in [0.4, 0.5) is 0 Å². The molecule has 0 saturated heterocycles. The smallest absolute Gasteiger partial charge is 0.341 e. The molecule has 0 spiro atoms. The summed E-state index contributed by atoms with van der Waals surface area (Å²) in [7, 11) is 4.48. The minimum Gasteiger partial charge on any atom is -0.481 e. The van der Waals surface area contributed by atoms with E-state index in [2.05, 4.69) is 4.74 Å². The number of Topliss-reactive ketones (excluding diaryl/α,β-unsaturated/α-hetero) is 1. The van der Waals surface area contributed by atoms with Crippen LogP contribution in [0.15, 0.2) is 28.5 Å². The Morgan fingerprint density at radius 2 is 2.05 bits per heavy atom. The Balaban J connectivity index is 3.16. The van der Waals surface area contributed by atoms with Crippen molar-refractivity contribution in [2.75, 3.05) is 21.2 Å². The second kappa shape index (κ2) is 6.55. The molecular formula is C13H15NO6. The number of ketones is 1. The first-order valence-corrected chi connectivity index (χ1v) is 5.66. The number of rotatable bonds is 6. The van der Waals surface area contributed by atoms with E-state index in [1.807, 2.05) is 0 Å². The predicted molar refractivity (Wildman–Crippen MR) is 68.4 cm³/mol. The second-order valence-corrected chi connectivity index (χ2v) is 4.17. The summed E-state index contributed by atoms with van der Waals surface area (Å²) in [6.07, 6.45) is 2.08. The average molecular weight is 281 g/mol. The molecule has 108 valence electrons. The highest BCUT2D eigenvalue weighted by Gasteiger charge is 2.25. The molecule has 1 rings (SSSR count). The summed E-state index contributed by atoms with van der Waals surface area (Å²) >= 11 is 0. The van der Waals surface area contributed by atoms with Gasteiger partial charge in [0.1, 0.15) is 5.56 Å². The van der Waals surface area contributed by atoms with E-state index in [1.165, 1.54) is 30.5 Å². The Morgan fingerprint density at radius 3 is 2.55 bits per heavy atom. The summed E-state index contributed by atoms with van der Waals surface area (Å²) in [5, 5.41) is 8.83. The number of hydrogen-bond acceptors (Lipinski definition) is 6. The molecule has 1 aromatic rings. The third-order valence-corrected chi connectivity index (χ3v) is 2.32. The number of carboxylic acid groups (broad SMARTS) is 1. The summed E-state index contributed by atoms with van der Waals surface area (Å²) in [5.41, 5.74) is -0.0323. The molecule has 0 aliphatic carbocycles. The number of nitrogens with zero attached hydrogens (tertiary/aromatic N) is 1. The van der Waals surface area contributed by atoms with Crippen molar-refractivity contribution < 1.29 is 28.6 Å². The van der Waals surface area contributed by atoms with E-state index >= 15 is 0 Å². The van der Waals surface area contributed by atoms with Gasteiger partial charge >= 0.3 is 11.9 Å². The van der Waals surface area contributed by atoms with E-state index in [-0.39, 0.29) is 16.9 Å². The summed E-state index contributed by atoms with van der Waals surface area (Å²) in [6.45, 7) is 0. The molecule has 0 aromatic carbocycles. The minimum atomic E-state index is -1.15. The number of hydrogen-bond donors (Lipinski definition) is 1. The van der Waals surface area contributed by atoms with Crippen molar-refractivity contribution in [2.24, 2.45) is 0 Å². The van der Waals surface area contributed by atoms with Gasteiger partial charge in [0.2, 0.25) is 5.78 Å². The van der Waals surface area contributed by atoms with Crippen LogP contribution in [0, 0.1) is 0 Å². The summed E-state index contributed by atoms with van der Waals surface area (Å²) in [6, 6.07) is 1.30. The monoisotopic (exact) mass is 281 g/mol. The maximum atomic E-state index is 12.3. The maximum absolute atomic E-state index is 12.3. The Labute approximate surface area is 115 Å². The van der Waals surface area contributed by atoms with E-state index < -0.39 is 24.1 Å². The van der Waals surface area contributed by atoms with Gasteiger partial charge in [0.05, 0.1) is 19.8 Å². The summed E-state index contributed by atoms with van der Waals surface area (Å²) in [4.78, 5) is 36.1. The Kier molecular flexibility index (Phi) is 5.08. The number of esters is 1. The Bertz CT molecular complexity index is 555. The number of furan rings is 1. The van der Waals surface area contributed by atoms with Crippen LogP contribution in [0.2, 0.25) is 0 Å².